The van der Waals surface area contributed by atoms with E-state index in [2.05, 4.69) is 17.1 Å². The van der Waals surface area contributed by atoms with Crippen LogP contribution >= 0.6 is 11.6 Å². The SMILES string of the molecule is CC(CCN)CCc1nc(-c2ccc(Cl)cc2)no1. The largest absolute Gasteiger partial charge is 0.339 e. The number of benzene rings is 1. The molecule has 0 bridgehead atoms. The fourth-order valence-corrected chi connectivity index (χ4v) is 2.00. The van der Waals surface area contributed by atoms with E-state index in [0.717, 1.165) is 31.4 Å². The van der Waals surface area contributed by atoms with Gasteiger partial charge in [-0.25, -0.2) is 0 Å². The minimum Gasteiger partial charge on any atom is -0.339 e. The predicted molar refractivity (Wildman–Crippen MR) is 75.9 cm³/mol. The zero-order chi connectivity index (χ0) is 13.7. The van der Waals surface area contributed by atoms with Crippen LogP contribution in [0.15, 0.2) is 28.8 Å². The topological polar surface area (TPSA) is 64.9 Å². The van der Waals surface area contributed by atoms with Crippen LogP contribution in [0.3, 0.4) is 0 Å². The van der Waals surface area contributed by atoms with Crippen LogP contribution in [0.5, 0.6) is 0 Å². The average Bonchev–Trinajstić information content (AvgIpc) is 2.86. The van der Waals surface area contributed by atoms with Gasteiger partial charge >= 0.3 is 0 Å². The van der Waals surface area contributed by atoms with Gasteiger partial charge in [-0.05, 0) is 49.6 Å². The highest BCUT2D eigenvalue weighted by molar-refractivity contribution is 6.30. The fraction of sp³-hybridized carbons (Fsp3) is 0.429. The highest BCUT2D eigenvalue weighted by Crippen LogP contribution is 2.19. The summed E-state index contributed by atoms with van der Waals surface area (Å²) in [6, 6.07) is 7.40. The van der Waals surface area contributed by atoms with E-state index in [4.69, 9.17) is 21.9 Å². The number of hydrogen-bond donors (Lipinski definition) is 1. The van der Waals surface area contributed by atoms with Crippen LogP contribution in [-0.2, 0) is 6.42 Å². The number of hydrogen-bond acceptors (Lipinski definition) is 4. The first kappa shape index (κ1) is 14.0. The Kier molecular flexibility index (Phi) is 4.93. The monoisotopic (exact) mass is 279 g/mol. The molecule has 0 radical (unpaired) electrons. The molecule has 2 aromatic rings. The second-order valence-electron chi connectivity index (χ2n) is 4.74. The lowest BCUT2D eigenvalue weighted by Gasteiger charge is -2.06. The summed E-state index contributed by atoms with van der Waals surface area (Å²) in [5.41, 5.74) is 6.44. The molecule has 2 rings (SSSR count). The maximum Gasteiger partial charge on any atom is 0.226 e. The van der Waals surface area contributed by atoms with Gasteiger partial charge in [0.1, 0.15) is 0 Å². The van der Waals surface area contributed by atoms with Gasteiger partial charge < -0.3 is 10.3 Å². The Bertz CT molecular complexity index is 510. The summed E-state index contributed by atoms with van der Waals surface area (Å²) < 4.78 is 5.25. The number of aromatic nitrogens is 2. The van der Waals surface area contributed by atoms with Crippen molar-refractivity contribution in [1.82, 2.24) is 10.1 Å². The van der Waals surface area contributed by atoms with Gasteiger partial charge in [0.2, 0.25) is 11.7 Å². The van der Waals surface area contributed by atoms with Gasteiger partial charge in [-0.3, -0.25) is 0 Å². The number of nitrogens with zero attached hydrogens (tertiary/aromatic N) is 2. The quantitative estimate of drug-likeness (QED) is 0.881. The highest BCUT2D eigenvalue weighted by atomic mass is 35.5. The van der Waals surface area contributed by atoms with E-state index in [1.54, 1.807) is 0 Å². The Morgan fingerprint density at radius 3 is 2.68 bits per heavy atom. The Hall–Kier alpha value is -1.39. The van der Waals surface area contributed by atoms with Gasteiger partial charge in [0, 0.05) is 17.0 Å². The van der Waals surface area contributed by atoms with Crippen LogP contribution < -0.4 is 5.73 Å². The maximum absolute atomic E-state index is 5.84. The van der Waals surface area contributed by atoms with E-state index in [-0.39, 0.29) is 0 Å². The van der Waals surface area contributed by atoms with Crippen molar-refractivity contribution in [1.29, 1.82) is 0 Å². The summed E-state index contributed by atoms with van der Waals surface area (Å²) in [5, 5.41) is 4.68. The molecular weight excluding hydrogens is 262 g/mol. The minimum atomic E-state index is 0.580. The minimum absolute atomic E-state index is 0.580. The zero-order valence-corrected chi connectivity index (χ0v) is 11.7. The Morgan fingerprint density at radius 2 is 2.00 bits per heavy atom. The normalized spacial score (nSPS) is 12.6. The van der Waals surface area contributed by atoms with Crippen molar-refractivity contribution in [2.45, 2.75) is 26.2 Å². The smallest absolute Gasteiger partial charge is 0.226 e. The molecule has 5 heteroatoms. The van der Waals surface area contributed by atoms with Crippen molar-refractivity contribution in [2.24, 2.45) is 11.7 Å². The average molecular weight is 280 g/mol. The molecule has 0 aliphatic carbocycles. The van der Waals surface area contributed by atoms with Crippen LogP contribution in [0.2, 0.25) is 5.02 Å². The molecule has 0 fully saturated rings. The standard InChI is InChI=1S/C14H18ClN3O/c1-10(8-9-16)2-7-13-17-14(18-19-13)11-3-5-12(15)6-4-11/h3-6,10H,2,7-9,16H2,1H3. The lowest BCUT2D eigenvalue weighted by molar-refractivity contribution is 0.362. The molecule has 19 heavy (non-hydrogen) atoms. The molecule has 0 spiro atoms. The maximum atomic E-state index is 5.84. The summed E-state index contributed by atoms with van der Waals surface area (Å²) in [6.45, 7) is 2.91. The van der Waals surface area contributed by atoms with Gasteiger partial charge in [0.05, 0.1) is 0 Å². The van der Waals surface area contributed by atoms with Crippen LogP contribution in [0.1, 0.15) is 25.7 Å². The van der Waals surface area contributed by atoms with Crippen LogP contribution in [0.25, 0.3) is 11.4 Å². The van der Waals surface area contributed by atoms with Gasteiger partial charge in [0.25, 0.3) is 0 Å². The third-order valence-electron chi connectivity index (χ3n) is 3.08. The van der Waals surface area contributed by atoms with Crippen molar-refractivity contribution >= 4 is 11.6 Å². The number of aryl methyl sites for hydroxylation is 1. The van der Waals surface area contributed by atoms with Crippen molar-refractivity contribution in [2.75, 3.05) is 6.54 Å². The summed E-state index contributed by atoms with van der Waals surface area (Å²) >= 11 is 5.84. The van der Waals surface area contributed by atoms with Gasteiger partial charge in [0.15, 0.2) is 0 Å². The third-order valence-corrected chi connectivity index (χ3v) is 3.33. The van der Waals surface area contributed by atoms with Crippen LogP contribution in [0, 0.1) is 5.92 Å². The molecule has 0 saturated heterocycles. The first-order chi connectivity index (χ1) is 9.19. The van der Waals surface area contributed by atoms with E-state index in [0.29, 0.717) is 22.7 Å². The molecule has 0 amide bonds. The second-order valence-corrected chi connectivity index (χ2v) is 5.18. The van der Waals surface area contributed by atoms with Crippen molar-refractivity contribution in [3.05, 3.63) is 35.2 Å². The van der Waals surface area contributed by atoms with Gasteiger partial charge in [-0.15, -0.1) is 0 Å². The number of nitrogens with two attached hydrogens (primary N) is 1. The third kappa shape index (κ3) is 4.04. The molecule has 2 N–H and O–H groups in total. The lowest BCUT2D eigenvalue weighted by Crippen LogP contribution is -2.06. The van der Waals surface area contributed by atoms with Gasteiger partial charge in [-0.1, -0.05) is 23.7 Å². The summed E-state index contributed by atoms with van der Waals surface area (Å²) in [5.74, 6) is 1.86. The predicted octanol–water partition coefficient (Wildman–Crippen LogP) is 3.31. The Balaban J connectivity index is 1.97. The molecule has 1 heterocycles. The molecular formula is C14H18ClN3O. The van der Waals surface area contributed by atoms with Gasteiger partial charge in [-0.2, -0.15) is 4.98 Å². The number of rotatable bonds is 6. The summed E-state index contributed by atoms with van der Waals surface area (Å²) in [7, 11) is 0. The first-order valence-electron chi connectivity index (χ1n) is 6.47. The summed E-state index contributed by atoms with van der Waals surface area (Å²) in [6.07, 6.45) is 2.83. The number of halogens is 1. The molecule has 0 saturated carbocycles. The van der Waals surface area contributed by atoms with E-state index >= 15 is 0 Å². The van der Waals surface area contributed by atoms with Crippen molar-refractivity contribution in [3.8, 4) is 11.4 Å². The van der Waals surface area contributed by atoms with E-state index in [1.165, 1.54) is 0 Å². The zero-order valence-electron chi connectivity index (χ0n) is 11.0. The second kappa shape index (κ2) is 6.68. The first-order valence-corrected chi connectivity index (χ1v) is 6.85. The van der Waals surface area contributed by atoms with Crippen LogP contribution in [0.4, 0.5) is 0 Å². The molecule has 102 valence electrons. The molecule has 1 aromatic carbocycles. The van der Waals surface area contributed by atoms with Crippen molar-refractivity contribution in [3.63, 3.8) is 0 Å². The molecule has 0 aliphatic heterocycles. The molecule has 1 unspecified atom stereocenters. The molecule has 4 nitrogen and oxygen atoms in total. The molecule has 1 atom stereocenters. The Morgan fingerprint density at radius 1 is 1.26 bits per heavy atom. The highest BCUT2D eigenvalue weighted by Gasteiger charge is 2.10. The van der Waals surface area contributed by atoms with E-state index < -0.39 is 0 Å². The molecule has 1 aromatic heterocycles. The lowest BCUT2D eigenvalue weighted by atomic mass is 10.0. The fourth-order valence-electron chi connectivity index (χ4n) is 1.87. The van der Waals surface area contributed by atoms with Crippen LogP contribution in [-0.4, -0.2) is 16.7 Å². The molecule has 0 aliphatic rings. The Labute approximate surface area is 118 Å². The summed E-state index contributed by atoms with van der Waals surface area (Å²) in [4.78, 5) is 4.39. The van der Waals surface area contributed by atoms with E-state index in [1.807, 2.05) is 24.3 Å². The van der Waals surface area contributed by atoms with Crippen molar-refractivity contribution < 1.29 is 4.52 Å². The van der Waals surface area contributed by atoms with E-state index in [9.17, 15) is 0 Å².